The fraction of sp³-hybridized carbons (Fsp3) is 0.444. The molecule has 2 amide bonds. The fourth-order valence-electron chi connectivity index (χ4n) is 3.00. The molecule has 0 unspecified atom stereocenters. The maximum absolute atomic E-state index is 12.8. The lowest BCUT2D eigenvalue weighted by Crippen LogP contribution is -2.59. The lowest BCUT2D eigenvalue weighted by atomic mass is 9.90. The molecule has 7 heteroatoms. The van der Waals surface area contributed by atoms with Crippen LogP contribution in [-0.2, 0) is 22.6 Å². The Morgan fingerprint density at radius 1 is 1.48 bits per heavy atom. The Hall–Kier alpha value is -2.70. The van der Waals surface area contributed by atoms with E-state index in [1.54, 1.807) is 24.1 Å². The predicted octanol–water partition coefficient (Wildman–Crippen LogP) is 2.11. The third kappa shape index (κ3) is 3.40. The summed E-state index contributed by atoms with van der Waals surface area (Å²) in [5.41, 5.74) is 0.839. The molecule has 0 aliphatic carbocycles. The maximum Gasteiger partial charge on any atom is 0.250 e. The summed E-state index contributed by atoms with van der Waals surface area (Å²) in [6, 6.07) is 1.85. The van der Waals surface area contributed by atoms with E-state index in [9.17, 15) is 9.59 Å². The fourth-order valence-corrected chi connectivity index (χ4v) is 3.00. The molecule has 1 aromatic rings. The normalized spacial score (nSPS) is 22.4. The Balaban J connectivity index is 1.73. The summed E-state index contributed by atoms with van der Waals surface area (Å²) in [6.07, 6.45) is 7.34. The Kier molecular flexibility index (Phi) is 4.57. The van der Waals surface area contributed by atoms with Crippen LogP contribution in [0.4, 0.5) is 0 Å². The van der Waals surface area contributed by atoms with E-state index < -0.39 is 5.54 Å². The number of nitrogens with zero attached hydrogens (tertiary/aromatic N) is 3. The molecule has 0 spiro atoms. The number of aryl methyl sites for hydroxylation is 1. The van der Waals surface area contributed by atoms with Gasteiger partial charge in [0.15, 0.2) is 5.76 Å². The van der Waals surface area contributed by atoms with Crippen molar-refractivity contribution in [2.75, 3.05) is 0 Å². The predicted molar refractivity (Wildman–Crippen MR) is 92.5 cm³/mol. The van der Waals surface area contributed by atoms with Crippen molar-refractivity contribution in [3.05, 3.63) is 41.4 Å². The summed E-state index contributed by atoms with van der Waals surface area (Å²) < 4.78 is 5.24. The van der Waals surface area contributed by atoms with Crippen LogP contribution in [-0.4, -0.2) is 33.2 Å². The number of nitrogens with one attached hydrogen (secondary N) is 1. The van der Waals surface area contributed by atoms with E-state index in [0.717, 1.165) is 24.1 Å². The van der Waals surface area contributed by atoms with E-state index in [1.165, 1.54) is 0 Å². The monoisotopic (exact) mass is 342 g/mol. The minimum Gasteiger partial charge on any atom is -0.359 e. The summed E-state index contributed by atoms with van der Waals surface area (Å²) in [5.74, 6) is 0.549. The highest BCUT2D eigenvalue weighted by molar-refractivity contribution is 6.09. The molecular weight excluding hydrogens is 320 g/mol. The molecule has 2 aliphatic rings. The molecule has 132 valence electrons. The van der Waals surface area contributed by atoms with Gasteiger partial charge < -0.3 is 14.7 Å². The summed E-state index contributed by atoms with van der Waals surface area (Å²) in [6.45, 7) is 5.97. The van der Waals surface area contributed by atoms with E-state index >= 15 is 0 Å². The number of carbonyl (C=O) groups excluding carboxylic acids is 2. The van der Waals surface area contributed by atoms with E-state index in [2.05, 4.69) is 22.4 Å². The number of aliphatic imine (C=N–C) groups is 1. The lowest BCUT2D eigenvalue weighted by Gasteiger charge is -2.41. The number of hydrogen-bond donors (Lipinski definition) is 1. The minimum atomic E-state index is -1.02. The second-order valence-electron chi connectivity index (χ2n) is 6.61. The smallest absolute Gasteiger partial charge is 0.250 e. The molecular formula is C18H22N4O3. The van der Waals surface area contributed by atoms with Crippen molar-refractivity contribution >= 4 is 17.6 Å². The number of hydrogen-bond acceptors (Lipinski definition) is 5. The summed E-state index contributed by atoms with van der Waals surface area (Å²) in [4.78, 5) is 30.6. The molecule has 1 atom stereocenters. The van der Waals surface area contributed by atoms with Gasteiger partial charge in [-0.3, -0.25) is 9.59 Å². The van der Waals surface area contributed by atoms with E-state index in [0.29, 0.717) is 11.6 Å². The molecule has 0 saturated heterocycles. The number of amides is 2. The third-order valence-corrected chi connectivity index (χ3v) is 4.38. The van der Waals surface area contributed by atoms with Crippen LogP contribution in [0.2, 0.25) is 0 Å². The average Bonchev–Trinajstić information content (AvgIpc) is 2.99. The number of allylic oxidation sites excluding steroid dienone is 2. The van der Waals surface area contributed by atoms with Gasteiger partial charge in [0.05, 0.1) is 18.7 Å². The van der Waals surface area contributed by atoms with Crippen LogP contribution in [0.15, 0.2) is 39.5 Å². The van der Waals surface area contributed by atoms with Gasteiger partial charge in [-0.15, -0.1) is 0 Å². The van der Waals surface area contributed by atoms with Crippen molar-refractivity contribution < 1.29 is 14.1 Å². The van der Waals surface area contributed by atoms with Crippen LogP contribution in [0.5, 0.6) is 0 Å². The minimum absolute atomic E-state index is 0.0249. The molecule has 1 aromatic heterocycles. The SMILES string of the molecule is CCCc1cc(CNC(=O)[C@@]2(C)CC(=O)N=C3C=C(C)C=CN32)on1. The highest BCUT2D eigenvalue weighted by Gasteiger charge is 2.45. The Morgan fingerprint density at radius 2 is 2.28 bits per heavy atom. The van der Waals surface area contributed by atoms with Crippen molar-refractivity contribution in [2.24, 2.45) is 4.99 Å². The van der Waals surface area contributed by atoms with Gasteiger partial charge in [0, 0.05) is 12.3 Å². The number of carbonyl (C=O) groups is 2. The Bertz CT molecular complexity index is 790. The summed E-state index contributed by atoms with van der Waals surface area (Å²) >= 11 is 0. The highest BCUT2D eigenvalue weighted by Crippen LogP contribution is 2.29. The van der Waals surface area contributed by atoms with Gasteiger partial charge in [0.25, 0.3) is 5.91 Å². The quantitative estimate of drug-likeness (QED) is 0.885. The topological polar surface area (TPSA) is 87.8 Å². The molecule has 0 saturated carbocycles. The number of rotatable bonds is 5. The maximum atomic E-state index is 12.8. The molecule has 0 bridgehead atoms. The molecule has 0 aromatic carbocycles. The standard InChI is InChI=1S/C18H22N4O3/c1-4-5-13-9-14(25-21-13)11-19-17(24)18(3)10-16(23)20-15-8-12(2)6-7-22(15)18/h6-9H,4-5,10-11H2,1-3H3,(H,19,24)/t18-/m1/s1. The van der Waals surface area contributed by atoms with Gasteiger partial charge in [-0.1, -0.05) is 18.5 Å². The van der Waals surface area contributed by atoms with E-state index in [4.69, 9.17) is 4.52 Å². The zero-order valence-corrected chi connectivity index (χ0v) is 14.7. The first kappa shape index (κ1) is 17.1. The lowest BCUT2D eigenvalue weighted by molar-refractivity contribution is -0.134. The Labute approximate surface area is 146 Å². The van der Waals surface area contributed by atoms with Gasteiger partial charge >= 0.3 is 0 Å². The van der Waals surface area contributed by atoms with Crippen molar-refractivity contribution in [1.29, 1.82) is 0 Å². The number of aromatic nitrogens is 1. The van der Waals surface area contributed by atoms with Crippen molar-refractivity contribution in [1.82, 2.24) is 15.4 Å². The van der Waals surface area contributed by atoms with E-state index in [-0.39, 0.29) is 24.8 Å². The van der Waals surface area contributed by atoms with Crippen LogP contribution < -0.4 is 5.32 Å². The molecule has 3 heterocycles. The van der Waals surface area contributed by atoms with Crippen LogP contribution in [0.25, 0.3) is 0 Å². The number of fused-ring (bicyclic) bond motifs is 1. The summed E-state index contributed by atoms with van der Waals surface area (Å²) in [5, 5.41) is 6.82. The highest BCUT2D eigenvalue weighted by atomic mass is 16.5. The van der Waals surface area contributed by atoms with Crippen LogP contribution >= 0.6 is 0 Å². The molecule has 0 radical (unpaired) electrons. The van der Waals surface area contributed by atoms with Gasteiger partial charge in [-0.05, 0) is 38.0 Å². The van der Waals surface area contributed by atoms with Gasteiger partial charge in [0.2, 0.25) is 5.91 Å². The van der Waals surface area contributed by atoms with Crippen LogP contribution in [0.3, 0.4) is 0 Å². The second-order valence-corrected chi connectivity index (χ2v) is 6.61. The molecule has 1 N–H and O–H groups in total. The first-order valence-corrected chi connectivity index (χ1v) is 8.42. The zero-order chi connectivity index (χ0) is 18.0. The number of amidine groups is 1. The Morgan fingerprint density at radius 3 is 3.04 bits per heavy atom. The van der Waals surface area contributed by atoms with Gasteiger partial charge in [0.1, 0.15) is 11.4 Å². The van der Waals surface area contributed by atoms with E-state index in [1.807, 2.05) is 19.1 Å². The van der Waals surface area contributed by atoms with Gasteiger partial charge in [-0.25, -0.2) is 0 Å². The van der Waals surface area contributed by atoms with Crippen molar-refractivity contribution in [2.45, 2.75) is 52.1 Å². The van der Waals surface area contributed by atoms with Gasteiger partial charge in [-0.2, -0.15) is 4.99 Å². The summed E-state index contributed by atoms with van der Waals surface area (Å²) in [7, 11) is 0. The van der Waals surface area contributed by atoms with Crippen molar-refractivity contribution in [3.63, 3.8) is 0 Å². The third-order valence-electron chi connectivity index (χ3n) is 4.38. The first-order valence-electron chi connectivity index (χ1n) is 8.42. The second kappa shape index (κ2) is 6.66. The average molecular weight is 342 g/mol. The molecule has 7 nitrogen and oxygen atoms in total. The molecule has 3 rings (SSSR count). The molecule has 2 aliphatic heterocycles. The first-order chi connectivity index (χ1) is 11.9. The van der Waals surface area contributed by atoms with Crippen LogP contribution in [0.1, 0.15) is 45.1 Å². The zero-order valence-electron chi connectivity index (χ0n) is 14.7. The molecule has 0 fully saturated rings. The molecule has 25 heavy (non-hydrogen) atoms. The van der Waals surface area contributed by atoms with Crippen molar-refractivity contribution in [3.8, 4) is 0 Å². The van der Waals surface area contributed by atoms with Crippen LogP contribution in [0, 0.1) is 0 Å². The largest absolute Gasteiger partial charge is 0.359 e.